The van der Waals surface area contributed by atoms with Crippen LogP contribution in [0.4, 0.5) is 0 Å². The highest BCUT2D eigenvalue weighted by Crippen LogP contribution is 2.24. The number of hydrogen-bond acceptors (Lipinski definition) is 3. The Bertz CT molecular complexity index is 721. The molecule has 0 N–H and O–H groups in total. The van der Waals surface area contributed by atoms with Crippen molar-refractivity contribution in [2.75, 3.05) is 6.61 Å². The molecule has 0 amide bonds. The fraction of sp³-hybridized carbons (Fsp3) is 0.312. The average molecular weight is 270 g/mol. The highest BCUT2D eigenvalue weighted by molar-refractivity contribution is 5.81. The molecule has 4 heteroatoms. The number of aryl methyl sites for hydroxylation is 2. The molecule has 2 heterocycles. The second kappa shape index (κ2) is 5.04. The molecule has 3 rings (SSSR count). The van der Waals surface area contributed by atoms with Crippen molar-refractivity contribution >= 4 is 10.9 Å². The Morgan fingerprint density at radius 2 is 2.10 bits per heavy atom. The van der Waals surface area contributed by atoms with Gasteiger partial charge in [-0.3, -0.25) is 0 Å². The van der Waals surface area contributed by atoms with Crippen LogP contribution in [0.3, 0.4) is 0 Å². The number of ether oxygens (including phenoxy) is 1. The van der Waals surface area contributed by atoms with E-state index in [9.17, 15) is 0 Å². The number of hydrogen-bond donors (Lipinski definition) is 0. The van der Waals surface area contributed by atoms with E-state index in [4.69, 9.17) is 9.26 Å². The first-order valence-corrected chi connectivity index (χ1v) is 6.82. The molecule has 0 saturated carbocycles. The summed E-state index contributed by atoms with van der Waals surface area (Å²) in [5, 5.41) is 5.19. The van der Waals surface area contributed by atoms with Crippen LogP contribution in [0.1, 0.15) is 23.9 Å². The van der Waals surface area contributed by atoms with Crippen molar-refractivity contribution in [3.05, 3.63) is 47.5 Å². The molecule has 0 aliphatic heterocycles. The summed E-state index contributed by atoms with van der Waals surface area (Å²) >= 11 is 0. The summed E-state index contributed by atoms with van der Waals surface area (Å²) < 4.78 is 13.0. The summed E-state index contributed by atoms with van der Waals surface area (Å²) in [6, 6.07) is 8.28. The van der Waals surface area contributed by atoms with E-state index < -0.39 is 0 Å². The van der Waals surface area contributed by atoms with Gasteiger partial charge in [-0.15, -0.1) is 0 Å². The van der Waals surface area contributed by atoms with Gasteiger partial charge >= 0.3 is 0 Å². The minimum atomic E-state index is 0.686. The van der Waals surface area contributed by atoms with Gasteiger partial charge in [-0.05, 0) is 45.0 Å². The van der Waals surface area contributed by atoms with E-state index >= 15 is 0 Å². The molecule has 0 aliphatic rings. The maximum absolute atomic E-state index is 5.53. The Kier molecular flexibility index (Phi) is 3.22. The summed E-state index contributed by atoms with van der Waals surface area (Å²) in [7, 11) is 0. The molecule has 0 spiro atoms. The van der Waals surface area contributed by atoms with Crippen LogP contribution in [-0.4, -0.2) is 16.3 Å². The van der Waals surface area contributed by atoms with Crippen LogP contribution < -0.4 is 4.74 Å². The van der Waals surface area contributed by atoms with Gasteiger partial charge in [0.15, 0.2) is 0 Å². The zero-order chi connectivity index (χ0) is 14.1. The largest absolute Gasteiger partial charge is 0.494 e. The van der Waals surface area contributed by atoms with Gasteiger partial charge in [0.1, 0.15) is 11.5 Å². The number of benzene rings is 1. The first kappa shape index (κ1) is 12.8. The summed E-state index contributed by atoms with van der Waals surface area (Å²) in [5.41, 5.74) is 3.29. The second-order valence-corrected chi connectivity index (χ2v) is 4.90. The van der Waals surface area contributed by atoms with Crippen molar-refractivity contribution in [1.29, 1.82) is 0 Å². The quantitative estimate of drug-likeness (QED) is 0.726. The first-order chi connectivity index (χ1) is 9.69. The maximum atomic E-state index is 5.53. The van der Waals surface area contributed by atoms with Crippen molar-refractivity contribution in [2.45, 2.75) is 27.3 Å². The van der Waals surface area contributed by atoms with Crippen LogP contribution in [0.2, 0.25) is 0 Å². The first-order valence-electron chi connectivity index (χ1n) is 6.82. The minimum Gasteiger partial charge on any atom is -0.494 e. The SMILES string of the molecule is CCOc1ccc2c(ccn2Cc2c(C)noc2C)c1. The van der Waals surface area contributed by atoms with E-state index in [1.165, 1.54) is 10.9 Å². The predicted octanol–water partition coefficient (Wildman–Crippen LogP) is 3.69. The summed E-state index contributed by atoms with van der Waals surface area (Å²) in [6.07, 6.45) is 2.09. The molecular formula is C16H18N2O2. The van der Waals surface area contributed by atoms with Crippen molar-refractivity contribution in [2.24, 2.45) is 0 Å². The third-order valence-corrected chi connectivity index (χ3v) is 3.56. The standard InChI is InChI=1S/C16H18N2O2/c1-4-19-14-5-6-16-13(9-14)7-8-18(16)10-15-11(2)17-20-12(15)3/h5-9H,4,10H2,1-3H3. The summed E-state index contributed by atoms with van der Waals surface area (Å²) in [5.74, 6) is 1.80. The van der Waals surface area contributed by atoms with Crippen LogP contribution in [0.5, 0.6) is 5.75 Å². The Labute approximate surface area is 117 Å². The lowest BCUT2D eigenvalue weighted by Gasteiger charge is -2.06. The lowest BCUT2D eigenvalue weighted by Crippen LogP contribution is -2.00. The van der Waals surface area contributed by atoms with Gasteiger partial charge in [0, 0.05) is 22.7 Å². The van der Waals surface area contributed by atoms with Crippen LogP contribution in [0, 0.1) is 13.8 Å². The maximum Gasteiger partial charge on any atom is 0.138 e. The third-order valence-electron chi connectivity index (χ3n) is 3.56. The fourth-order valence-electron chi connectivity index (χ4n) is 2.47. The Balaban J connectivity index is 1.97. The Hall–Kier alpha value is -2.23. The van der Waals surface area contributed by atoms with Crippen molar-refractivity contribution in [1.82, 2.24) is 9.72 Å². The average Bonchev–Trinajstić information content (AvgIpc) is 2.97. The van der Waals surface area contributed by atoms with Crippen LogP contribution >= 0.6 is 0 Å². The van der Waals surface area contributed by atoms with Crippen LogP contribution in [0.25, 0.3) is 10.9 Å². The lowest BCUT2D eigenvalue weighted by molar-refractivity contribution is 0.340. The molecule has 20 heavy (non-hydrogen) atoms. The van der Waals surface area contributed by atoms with Gasteiger partial charge in [0.25, 0.3) is 0 Å². The van der Waals surface area contributed by atoms with Gasteiger partial charge in [-0.25, -0.2) is 0 Å². The molecule has 0 atom stereocenters. The molecule has 3 aromatic rings. The topological polar surface area (TPSA) is 40.2 Å². The summed E-state index contributed by atoms with van der Waals surface area (Å²) in [6.45, 7) is 7.38. The van der Waals surface area contributed by atoms with Gasteiger partial charge in [0.05, 0.1) is 18.8 Å². The van der Waals surface area contributed by atoms with Gasteiger partial charge in [0.2, 0.25) is 0 Å². The van der Waals surface area contributed by atoms with Crippen molar-refractivity contribution in [3.8, 4) is 5.75 Å². The van der Waals surface area contributed by atoms with Gasteiger partial charge in [-0.2, -0.15) is 0 Å². The fourth-order valence-corrected chi connectivity index (χ4v) is 2.47. The molecule has 2 aromatic heterocycles. The normalized spacial score (nSPS) is 11.2. The molecule has 0 unspecified atom stereocenters. The molecule has 1 aromatic carbocycles. The molecule has 0 aliphatic carbocycles. The van der Waals surface area contributed by atoms with E-state index in [0.29, 0.717) is 6.61 Å². The third kappa shape index (κ3) is 2.18. The molecule has 0 bridgehead atoms. The Morgan fingerprint density at radius 3 is 2.80 bits per heavy atom. The smallest absolute Gasteiger partial charge is 0.138 e. The zero-order valence-electron chi connectivity index (χ0n) is 12.0. The monoisotopic (exact) mass is 270 g/mol. The van der Waals surface area contributed by atoms with E-state index in [1.54, 1.807) is 0 Å². The predicted molar refractivity (Wildman–Crippen MR) is 78.2 cm³/mol. The van der Waals surface area contributed by atoms with Gasteiger partial charge < -0.3 is 13.8 Å². The Morgan fingerprint density at radius 1 is 1.25 bits per heavy atom. The number of nitrogens with zero attached hydrogens (tertiary/aromatic N) is 2. The van der Waals surface area contributed by atoms with E-state index in [2.05, 4.69) is 34.1 Å². The number of aromatic nitrogens is 2. The van der Waals surface area contributed by atoms with E-state index in [0.717, 1.165) is 29.3 Å². The highest BCUT2D eigenvalue weighted by atomic mass is 16.5. The van der Waals surface area contributed by atoms with E-state index in [1.807, 2.05) is 26.8 Å². The molecular weight excluding hydrogens is 252 g/mol. The molecule has 104 valence electrons. The molecule has 4 nitrogen and oxygen atoms in total. The minimum absolute atomic E-state index is 0.686. The molecule has 0 fully saturated rings. The molecule has 0 radical (unpaired) electrons. The van der Waals surface area contributed by atoms with Gasteiger partial charge in [-0.1, -0.05) is 5.16 Å². The second-order valence-electron chi connectivity index (χ2n) is 4.90. The van der Waals surface area contributed by atoms with Crippen LogP contribution in [0.15, 0.2) is 35.0 Å². The van der Waals surface area contributed by atoms with Crippen LogP contribution in [-0.2, 0) is 6.54 Å². The number of fused-ring (bicyclic) bond motifs is 1. The zero-order valence-corrected chi connectivity index (χ0v) is 12.0. The number of rotatable bonds is 4. The highest BCUT2D eigenvalue weighted by Gasteiger charge is 2.11. The molecule has 0 saturated heterocycles. The lowest BCUT2D eigenvalue weighted by atomic mass is 10.2. The van der Waals surface area contributed by atoms with E-state index in [-0.39, 0.29) is 0 Å². The van der Waals surface area contributed by atoms with Crippen molar-refractivity contribution < 1.29 is 9.26 Å². The van der Waals surface area contributed by atoms with Crippen molar-refractivity contribution in [3.63, 3.8) is 0 Å². The summed E-state index contributed by atoms with van der Waals surface area (Å²) in [4.78, 5) is 0.